The van der Waals surface area contributed by atoms with E-state index in [4.69, 9.17) is 4.74 Å². The van der Waals surface area contributed by atoms with Crippen LogP contribution in [0.2, 0.25) is 0 Å². The number of carbonyl (C=O) groups is 1. The lowest BCUT2D eigenvalue weighted by Gasteiger charge is -2.27. The number of allylic oxidation sites excluding steroid dienone is 4. The van der Waals surface area contributed by atoms with E-state index in [0.29, 0.717) is 44.2 Å². The summed E-state index contributed by atoms with van der Waals surface area (Å²) in [5.74, 6) is 0.381. The topological polar surface area (TPSA) is 76.5 Å². The van der Waals surface area contributed by atoms with Crippen LogP contribution in [0.1, 0.15) is 36.5 Å². The summed E-state index contributed by atoms with van der Waals surface area (Å²) in [4.78, 5) is 32.7. The second-order valence-electron chi connectivity index (χ2n) is 8.19. The number of nitrogens with zero attached hydrogens (tertiary/aromatic N) is 3. The Kier molecular flexibility index (Phi) is 6.85. The molecule has 1 atom stereocenters. The first-order chi connectivity index (χ1) is 15.6. The average Bonchev–Trinajstić information content (AvgIpc) is 2.91. The Labute approximate surface area is 188 Å². The number of hydrogen-bond donors (Lipinski definition) is 1. The molecule has 7 heteroatoms. The van der Waals surface area contributed by atoms with Crippen LogP contribution < -0.4 is 10.7 Å². The monoisotopic (exact) mass is 434 g/mol. The van der Waals surface area contributed by atoms with Gasteiger partial charge < -0.3 is 19.5 Å². The molecule has 1 fully saturated rings. The van der Waals surface area contributed by atoms with E-state index in [1.807, 2.05) is 41.9 Å². The Balaban J connectivity index is 1.67. The number of fused-ring (bicyclic) bond motifs is 1. The fourth-order valence-electron chi connectivity index (χ4n) is 4.18. The molecule has 32 heavy (non-hydrogen) atoms. The summed E-state index contributed by atoms with van der Waals surface area (Å²) >= 11 is 0. The van der Waals surface area contributed by atoms with Crippen LogP contribution in [-0.4, -0.2) is 52.7 Å². The molecular formula is C25H30N4O3. The SMILES string of the molecule is C=C1/C=C\C=C/CCC(Nc2ccc3c(n2)c(=O)c(C(=O)N2CCOCC2)cn3CC)C1. The Morgan fingerprint density at radius 1 is 1.28 bits per heavy atom. The van der Waals surface area contributed by atoms with Crippen LogP contribution in [-0.2, 0) is 11.3 Å². The molecule has 1 aliphatic heterocycles. The molecule has 1 amide bonds. The van der Waals surface area contributed by atoms with E-state index >= 15 is 0 Å². The lowest BCUT2D eigenvalue weighted by molar-refractivity contribution is 0.0301. The van der Waals surface area contributed by atoms with Crippen molar-refractivity contribution in [1.29, 1.82) is 0 Å². The minimum atomic E-state index is -0.324. The zero-order chi connectivity index (χ0) is 22.5. The number of hydrogen-bond acceptors (Lipinski definition) is 5. The molecule has 0 bridgehead atoms. The van der Waals surface area contributed by atoms with Crippen LogP contribution in [0.3, 0.4) is 0 Å². The van der Waals surface area contributed by atoms with E-state index in [1.165, 1.54) is 0 Å². The van der Waals surface area contributed by atoms with E-state index in [2.05, 4.69) is 23.0 Å². The van der Waals surface area contributed by atoms with Crippen molar-refractivity contribution in [1.82, 2.24) is 14.5 Å². The summed E-state index contributed by atoms with van der Waals surface area (Å²) in [5.41, 5.74) is 1.93. The van der Waals surface area contributed by atoms with Crippen molar-refractivity contribution in [3.05, 3.63) is 70.6 Å². The van der Waals surface area contributed by atoms with Crippen molar-refractivity contribution >= 4 is 22.8 Å². The van der Waals surface area contributed by atoms with E-state index in [1.54, 1.807) is 11.1 Å². The molecule has 2 aromatic rings. The highest BCUT2D eigenvalue weighted by molar-refractivity contribution is 5.97. The maximum Gasteiger partial charge on any atom is 0.259 e. The third-order valence-electron chi connectivity index (χ3n) is 5.92. The zero-order valence-electron chi connectivity index (χ0n) is 18.5. The average molecular weight is 435 g/mol. The number of pyridine rings is 2. The summed E-state index contributed by atoms with van der Waals surface area (Å²) in [7, 11) is 0. The molecule has 2 aliphatic rings. The molecule has 0 spiro atoms. The van der Waals surface area contributed by atoms with E-state index in [-0.39, 0.29) is 22.9 Å². The maximum absolute atomic E-state index is 13.3. The third kappa shape index (κ3) is 4.83. The van der Waals surface area contributed by atoms with Gasteiger partial charge in [-0.05, 0) is 38.3 Å². The number of morpholine rings is 1. The van der Waals surface area contributed by atoms with Crippen molar-refractivity contribution < 1.29 is 9.53 Å². The number of carbonyl (C=O) groups excluding carboxylic acids is 1. The Morgan fingerprint density at radius 3 is 2.88 bits per heavy atom. The highest BCUT2D eigenvalue weighted by atomic mass is 16.5. The van der Waals surface area contributed by atoms with Gasteiger partial charge in [-0.3, -0.25) is 9.59 Å². The Bertz CT molecular complexity index is 1130. The largest absolute Gasteiger partial charge is 0.378 e. The van der Waals surface area contributed by atoms with Gasteiger partial charge in [0.15, 0.2) is 0 Å². The summed E-state index contributed by atoms with van der Waals surface area (Å²) in [6, 6.07) is 3.97. The lowest BCUT2D eigenvalue weighted by atomic mass is 10.0. The number of amides is 1. The van der Waals surface area contributed by atoms with Gasteiger partial charge in [0, 0.05) is 31.9 Å². The van der Waals surface area contributed by atoms with Gasteiger partial charge in [-0.1, -0.05) is 36.5 Å². The molecule has 0 saturated carbocycles. The summed E-state index contributed by atoms with van der Waals surface area (Å²) in [6.45, 7) is 8.72. The van der Waals surface area contributed by atoms with Crippen LogP contribution in [0.4, 0.5) is 5.82 Å². The van der Waals surface area contributed by atoms with Crippen molar-refractivity contribution in [3.8, 4) is 0 Å². The number of ether oxygens (including phenoxy) is 1. The van der Waals surface area contributed by atoms with Gasteiger partial charge in [0.2, 0.25) is 5.43 Å². The molecule has 1 aliphatic carbocycles. The van der Waals surface area contributed by atoms with Gasteiger partial charge in [0.25, 0.3) is 5.91 Å². The molecule has 1 N–H and O–H groups in total. The molecule has 1 unspecified atom stereocenters. The normalized spacial score (nSPS) is 21.5. The maximum atomic E-state index is 13.3. The van der Waals surface area contributed by atoms with Crippen molar-refractivity contribution in [2.24, 2.45) is 0 Å². The molecule has 4 rings (SSSR count). The second-order valence-corrected chi connectivity index (χ2v) is 8.19. The quantitative estimate of drug-likeness (QED) is 0.797. The van der Waals surface area contributed by atoms with Crippen LogP contribution in [0.15, 0.2) is 59.6 Å². The van der Waals surface area contributed by atoms with Crippen molar-refractivity contribution in [2.45, 2.75) is 38.8 Å². The molecule has 3 heterocycles. The lowest BCUT2D eigenvalue weighted by Crippen LogP contribution is -2.42. The molecule has 0 radical (unpaired) electrons. The fourth-order valence-corrected chi connectivity index (χ4v) is 4.18. The molecule has 2 aromatic heterocycles. The van der Waals surface area contributed by atoms with Gasteiger partial charge >= 0.3 is 0 Å². The van der Waals surface area contributed by atoms with Crippen LogP contribution in [0.25, 0.3) is 11.0 Å². The van der Waals surface area contributed by atoms with Crippen molar-refractivity contribution in [2.75, 3.05) is 31.6 Å². The van der Waals surface area contributed by atoms with Gasteiger partial charge in [-0.2, -0.15) is 0 Å². The molecule has 168 valence electrons. The predicted molar refractivity (Wildman–Crippen MR) is 127 cm³/mol. The molecular weight excluding hydrogens is 404 g/mol. The number of aromatic nitrogens is 2. The predicted octanol–water partition coefficient (Wildman–Crippen LogP) is 3.52. The van der Waals surface area contributed by atoms with E-state index in [9.17, 15) is 9.59 Å². The number of rotatable bonds is 4. The first-order valence-electron chi connectivity index (χ1n) is 11.3. The molecule has 1 saturated heterocycles. The van der Waals surface area contributed by atoms with Crippen LogP contribution in [0, 0.1) is 0 Å². The van der Waals surface area contributed by atoms with E-state index < -0.39 is 0 Å². The van der Waals surface area contributed by atoms with Gasteiger partial charge in [-0.15, -0.1) is 0 Å². The summed E-state index contributed by atoms with van der Waals surface area (Å²) in [6.07, 6.45) is 12.6. The molecule has 0 aromatic carbocycles. The first-order valence-corrected chi connectivity index (χ1v) is 11.3. The van der Waals surface area contributed by atoms with Crippen LogP contribution in [0.5, 0.6) is 0 Å². The highest BCUT2D eigenvalue weighted by Crippen LogP contribution is 2.20. The van der Waals surface area contributed by atoms with Crippen molar-refractivity contribution in [3.63, 3.8) is 0 Å². The third-order valence-corrected chi connectivity index (χ3v) is 5.92. The zero-order valence-corrected chi connectivity index (χ0v) is 18.5. The van der Waals surface area contributed by atoms with Gasteiger partial charge in [0.1, 0.15) is 16.9 Å². The van der Waals surface area contributed by atoms with Gasteiger partial charge in [-0.25, -0.2) is 4.98 Å². The second kappa shape index (κ2) is 9.96. The minimum absolute atomic E-state index is 0.159. The minimum Gasteiger partial charge on any atom is -0.378 e. The standard InChI is InChI=1S/C25H30N4O3/c1-3-28-17-20(25(31)29-12-14-32-15-13-29)24(30)23-21(28)10-11-22(27-23)26-19-9-7-5-4-6-8-18(2)16-19/h4-6,8,10-11,17,19H,2-3,7,9,12-16H2,1H3,(H,26,27)/b5-4-,8-6-. The number of anilines is 1. The van der Waals surface area contributed by atoms with Crippen LogP contribution >= 0.6 is 0 Å². The van der Waals surface area contributed by atoms with Gasteiger partial charge in [0.05, 0.1) is 18.7 Å². The first kappa shape index (κ1) is 22.0. The summed E-state index contributed by atoms with van der Waals surface area (Å²) < 4.78 is 7.25. The summed E-state index contributed by atoms with van der Waals surface area (Å²) in [5, 5.41) is 3.48. The highest BCUT2D eigenvalue weighted by Gasteiger charge is 2.23. The molecule has 7 nitrogen and oxygen atoms in total. The Hall–Kier alpha value is -3.19. The number of nitrogens with one attached hydrogen (secondary N) is 1. The number of aryl methyl sites for hydroxylation is 1. The Morgan fingerprint density at radius 2 is 2.09 bits per heavy atom. The fraction of sp³-hybridized carbons (Fsp3) is 0.400. The smallest absolute Gasteiger partial charge is 0.259 e. The van der Waals surface area contributed by atoms with E-state index in [0.717, 1.165) is 30.4 Å².